The van der Waals surface area contributed by atoms with Gasteiger partial charge < -0.3 is 10.0 Å². The van der Waals surface area contributed by atoms with E-state index in [1.165, 1.54) is 0 Å². The fourth-order valence-electron chi connectivity index (χ4n) is 2.51. The molecule has 1 atom stereocenters. The van der Waals surface area contributed by atoms with Gasteiger partial charge in [0.25, 0.3) is 0 Å². The highest BCUT2D eigenvalue weighted by atomic mass is 79.9. The first-order valence-corrected chi connectivity index (χ1v) is 7.75. The van der Waals surface area contributed by atoms with Crippen molar-refractivity contribution < 1.29 is 9.90 Å². The molecule has 1 fully saturated rings. The summed E-state index contributed by atoms with van der Waals surface area (Å²) in [5.74, 6) is 0.438. The molecule has 0 aromatic heterocycles. The number of carbonyl (C=O) groups excluding carboxylic acids is 1. The first-order valence-electron chi connectivity index (χ1n) is 6.95. The molecule has 20 heavy (non-hydrogen) atoms. The number of rotatable bonds is 4. The molecular weight excluding hydrogens is 320 g/mol. The van der Waals surface area contributed by atoms with Gasteiger partial charge in [-0.3, -0.25) is 9.69 Å². The van der Waals surface area contributed by atoms with Crippen LogP contribution in [0.4, 0.5) is 0 Å². The number of amides is 1. The van der Waals surface area contributed by atoms with Crippen LogP contribution >= 0.6 is 15.9 Å². The number of phenols is 1. The van der Waals surface area contributed by atoms with Gasteiger partial charge >= 0.3 is 0 Å². The smallest absolute Gasteiger partial charge is 0.236 e. The van der Waals surface area contributed by atoms with E-state index in [-0.39, 0.29) is 17.7 Å². The number of phenolic OH excluding ortho intramolecular Hbond substituents is 1. The number of likely N-dealkylation sites (N-methyl/N-ethyl adjacent to an activating group) is 1. The quantitative estimate of drug-likeness (QED) is 0.916. The summed E-state index contributed by atoms with van der Waals surface area (Å²) in [5, 5.41) is 9.96. The summed E-state index contributed by atoms with van der Waals surface area (Å²) in [6.07, 6.45) is 2.22. The number of aromatic hydroxyl groups is 1. The van der Waals surface area contributed by atoms with Gasteiger partial charge in [0, 0.05) is 29.2 Å². The van der Waals surface area contributed by atoms with Crippen LogP contribution in [0.15, 0.2) is 22.7 Å². The maximum Gasteiger partial charge on any atom is 0.236 e. The zero-order valence-corrected chi connectivity index (χ0v) is 13.6. The van der Waals surface area contributed by atoms with E-state index in [0.29, 0.717) is 6.54 Å². The minimum absolute atomic E-state index is 0.0148. The average Bonchev–Trinajstić information content (AvgIpc) is 2.94. The Bertz CT molecular complexity index is 487. The third-order valence-corrected chi connectivity index (χ3v) is 4.44. The van der Waals surface area contributed by atoms with Crippen molar-refractivity contribution in [2.24, 2.45) is 0 Å². The summed E-state index contributed by atoms with van der Waals surface area (Å²) in [5.41, 5.74) is 0.830. The Morgan fingerprint density at radius 3 is 2.75 bits per heavy atom. The molecule has 5 heteroatoms. The minimum atomic E-state index is -0.0148. The normalized spacial score (nSPS) is 16.7. The van der Waals surface area contributed by atoms with Gasteiger partial charge in [-0.05, 0) is 45.0 Å². The van der Waals surface area contributed by atoms with Gasteiger partial charge in [-0.1, -0.05) is 15.9 Å². The first kappa shape index (κ1) is 15.3. The Hall–Kier alpha value is -1.07. The maximum absolute atomic E-state index is 12.2. The Balaban J connectivity index is 2.02. The third-order valence-electron chi connectivity index (χ3n) is 3.94. The number of carbonyl (C=O) groups is 1. The van der Waals surface area contributed by atoms with Gasteiger partial charge in [0.15, 0.2) is 0 Å². The van der Waals surface area contributed by atoms with E-state index in [2.05, 4.69) is 15.9 Å². The molecule has 1 aromatic rings. The number of nitrogens with zero attached hydrogens (tertiary/aromatic N) is 2. The summed E-state index contributed by atoms with van der Waals surface area (Å²) in [7, 11) is 1.92. The number of hydrogen-bond acceptors (Lipinski definition) is 3. The molecule has 1 aliphatic heterocycles. The molecule has 4 nitrogen and oxygen atoms in total. The molecule has 1 heterocycles. The second kappa shape index (κ2) is 6.59. The van der Waals surface area contributed by atoms with Crippen molar-refractivity contribution in [3.8, 4) is 5.75 Å². The first-order chi connectivity index (χ1) is 9.49. The fourth-order valence-corrected chi connectivity index (χ4v) is 2.89. The molecule has 1 amide bonds. The van der Waals surface area contributed by atoms with E-state index in [1.807, 2.05) is 29.8 Å². The lowest BCUT2D eigenvalue weighted by atomic mass is 10.1. The minimum Gasteiger partial charge on any atom is -0.508 e. The summed E-state index contributed by atoms with van der Waals surface area (Å²) < 4.78 is 0.927. The molecule has 110 valence electrons. The van der Waals surface area contributed by atoms with Crippen LogP contribution in [0.25, 0.3) is 0 Å². The van der Waals surface area contributed by atoms with E-state index in [1.54, 1.807) is 12.1 Å². The zero-order chi connectivity index (χ0) is 14.7. The molecule has 1 N–H and O–H groups in total. The van der Waals surface area contributed by atoms with Gasteiger partial charge in [0.05, 0.1) is 6.54 Å². The molecule has 1 unspecified atom stereocenters. The maximum atomic E-state index is 12.2. The molecule has 0 bridgehead atoms. The molecular formula is C15H21BrN2O2. The molecule has 1 aromatic carbocycles. The summed E-state index contributed by atoms with van der Waals surface area (Å²) in [6.45, 7) is 4.14. The molecule has 1 saturated heterocycles. The van der Waals surface area contributed by atoms with Gasteiger partial charge in [-0.15, -0.1) is 0 Å². The van der Waals surface area contributed by atoms with E-state index >= 15 is 0 Å². The second-order valence-corrected chi connectivity index (χ2v) is 6.30. The third kappa shape index (κ3) is 3.52. The van der Waals surface area contributed by atoms with Crippen LogP contribution in [0.2, 0.25) is 0 Å². The lowest BCUT2D eigenvalue weighted by molar-refractivity contribution is -0.131. The van der Waals surface area contributed by atoms with Crippen molar-refractivity contribution in [3.05, 3.63) is 28.2 Å². The van der Waals surface area contributed by atoms with Crippen LogP contribution < -0.4 is 0 Å². The highest BCUT2D eigenvalue weighted by Gasteiger charge is 2.22. The van der Waals surface area contributed by atoms with Crippen molar-refractivity contribution in [2.45, 2.75) is 25.8 Å². The summed E-state index contributed by atoms with van der Waals surface area (Å²) in [6, 6.07) is 5.36. The highest BCUT2D eigenvalue weighted by molar-refractivity contribution is 9.10. The van der Waals surface area contributed by atoms with Crippen molar-refractivity contribution in [1.82, 2.24) is 9.80 Å². The summed E-state index contributed by atoms with van der Waals surface area (Å²) in [4.78, 5) is 16.1. The number of benzene rings is 1. The number of halogens is 1. The Kier molecular flexibility index (Phi) is 5.05. The zero-order valence-electron chi connectivity index (χ0n) is 12.0. The van der Waals surface area contributed by atoms with E-state index in [9.17, 15) is 9.90 Å². The van der Waals surface area contributed by atoms with Gasteiger partial charge in [0.2, 0.25) is 5.91 Å². The fraction of sp³-hybridized carbons (Fsp3) is 0.533. The molecule has 2 rings (SSSR count). The predicted molar refractivity (Wildman–Crippen MR) is 82.7 cm³/mol. The van der Waals surface area contributed by atoms with Crippen molar-refractivity contribution in [3.63, 3.8) is 0 Å². The Morgan fingerprint density at radius 2 is 2.10 bits per heavy atom. The SMILES string of the molecule is CC(c1cc(Br)ccc1O)N(C)CC(=O)N1CCCC1. The lowest BCUT2D eigenvalue weighted by Crippen LogP contribution is -2.38. The molecule has 0 saturated carbocycles. The van der Waals surface area contributed by atoms with Crippen LogP contribution in [-0.2, 0) is 4.79 Å². The van der Waals surface area contributed by atoms with E-state index in [0.717, 1.165) is 36.0 Å². The Labute approximate surface area is 128 Å². The van der Waals surface area contributed by atoms with Crippen LogP contribution in [0.5, 0.6) is 5.75 Å². The van der Waals surface area contributed by atoms with E-state index in [4.69, 9.17) is 0 Å². The van der Waals surface area contributed by atoms with Crippen molar-refractivity contribution in [1.29, 1.82) is 0 Å². The van der Waals surface area contributed by atoms with Crippen LogP contribution in [0.1, 0.15) is 31.4 Å². The summed E-state index contributed by atoms with van der Waals surface area (Å²) >= 11 is 3.41. The lowest BCUT2D eigenvalue weighted by Gasteiger charge is -2.27. The topological polar surface area (TPSA) is 43.8 Å². The molecule has 1 aliphatic rings. The number of likely N-dealkylation sites (tertiary alicyclic amines) is 1. The largest absolute Gasteiger partial charge is 0.508 e. The number of hydrogen-bond donors (Lipinski definition) is 1. The second-order valence-electron chi connectivity index (χ2n) is 5.38. The van der Waals surface area contributed by atoms with Crippen molar-refractivity contribution in [2.75, 3.05) is 26.7 Å². The average molecular weight is 341 g/mol. The van der Waals surface area contributed by atoms with E-state index < -0.39 is 0 Å². The van der Waals surface area contributed by atoms with Gasteiger partial charge in [-0.2, -0.15) is 0 Å². The molecule has 0 radical (unpaired) electrons. The molecule has 0 aliphatic carbocycles. The van der Waals surface area contributed by atoms with Crippen LogP contribution in [0, 0.1) is 0 Å². The Morgan fingerprint density at radius 1 is 1.45 bits per heavy atom. The monoisotopic (exact) mass is 340 g/mol. The van der Waals surface area contributed by atoms with Crippen LogP contribution in [0.3, 0.4) is 0 Å². The predicted octanol–water partition coefficient (Wildman–Crippen LogP) is 2.77. The molecule has 0 spiro atoms. The highest BCUT2D eigenvalue weighted by Crippen LogP contribution is 2.30. The van der Waals surface area contributed by atoms with Gasteiger partial charge in [-0.25, -0.2) is 0 Å². The van der Waals surface area contributed by atoms with Gasteiger partial charge in [0.1, 0.15) is 5.75 Å². The van der Waals surface area contributed by atoms with Crippen LogP contribution in [-0.4, -0.2) is 47.5 Å². The van der Waals surface area contributed by atoms with Crippen molar-refractivity contribution >= 4 is 21.8 Å². The standard InChI is InChI=1S/C15H21BrN2O2/c1-11(13-9-12(16)5-6-14(13)19)17(2)10-15(20)18-7-3-4-8-18/h5-6,9,11,19H,3-4,7-8,10H2,1-2H3.